The number of rotatable bonds is 8. The van der Waals surface area contributed by atoms with Gasteiger partial charge in [-0.3, -0.25) is 9.69 Å². The highest BCUT2D eigenvalue weighted by molar-refractivity contribution is 5.94. The van der Waals surface area contributed by atoms with Crippen molar-refractivity contribution in [3.8, 4) is 5.75 Å². The summed E-state index contributed by atoms with van der Waals surface area (Å²) in [6.45, 7) is 14.0. The van der Waals surface area contributed by atoms with Crippen LogP contribution in [0.1, 0.15) is 62.4 Å². The molecule has 2 heterocycles. The summed E-state index contributed by atoms with van der Waals surface area (Å²) < 4.78 is 5.82. The van der Waals surface area contributed by atoms with Crippen LogP contribution in [0, 0.1) is 5.41 Å². The van der Waals surface area contributed by atoms with E-state index in [1.807, 2.05) is 25.1 Å². The van der Waals surface area contributed by atoms with Gasteiger partial charge in [-0.25, -0.2) is 0 Å². The third-order valence-corrected chi connectivity index (χ3v) is 7.94. The molecule has 0 atom stereocenters. The lowest BCUT2D eigenvalue weighted by Crippen LogP contribution is -2.48. The van der Waals surface area contributed by atoms with Gasteiger partial charge >= 0.3 is 0 Å². The maximum Gasteiger partial charge on any atom is 0.253 e. The van der Waals surface area contributed by atoms with Gasteiger partial charge in [0.15, 0.2) is 0 Å². The normalized spacial score (nSPS) is 18.1. The van der Waals surface area contributed by atoms with Gasteiger partial charge in [-0.05, 0) is 95.3 Å². The van der Waals surface area contributed by atoms with Gasteiger partial charge in [-0.1, -0.05) is 18.2 Å². The fourth-order valence-corrected chi connectivity index (χ4v) is 5.63. The monoisotopic (exact) mass is 463 g/mol. The Morgan fingerprint density at radius 1 is 0.882 bits per heavy atom. The first-order chi connectivity index (χ1) is 16.6. The minimum absolute atomic E-state index is 0.186. The molecular formula is C29H41N3O2. The van der Waals surface area contributed by atoms with Crippen molar-refractivity contribution in [3.05, 3.63) is 59.7 Å². The number of hydrogen-bond acceptors (Lipinski definition) is 4. The molecule has 0 saturated carbocycles. The van der Waals surface area contributed by atoms with E-state index in [2.05, 4.69) is 58.9 Å². The van der Waals surface area contributed by atoms with Crippen molar-refractivity contribution in [1.29, 1.82) is 0 Å². The molecule has 2 aromatic rings. The smallest absolute Gasteiger partial charge is 0.253 e. The quantitative estimate of drug-likeness (QED) is 0.522. The number of carbonyl (C=O) groups excluding carboxylic acids is 1. The van der Waals surface area contributed by atoms with Crippen molar-refractivity contribution in [2.75, 3.05) is 50.8 Å². The number of ether oxygens (including phenoxy) is 1. The molecular weight excluding hydrogens is 422 g/mol. The van der Waals surface area contributed by atoms with E-state index >= 15 is 0 Å². The van der Waals surface area contributed by atoms with Crippen LogP contribution in [0.3, 0.4) is 0 Å². The van der Waals surface area contributed by atoms with Gasteiger partial charge in [0.1, 0.15) is 5.75 Å². The predicted molar refractivity (Wildman–Crippen MR) is 140 cm³/mol. The molecule has 5 nitrogen and oxygen atoms in total. The van der Waals surface area contributed by atoms with E-state index in [0.29, 0.717) is 12.0 Å². The Balaban J connectivity index is 1.28. The molecule has 34 heavy (non-hydrogen) atoms. The van der Waals surface area contributed by atoms with E-state index in [4.69, 9.17) is 4.74 Å². The summed E-state index contributed by atoms with van der Waals surface area (Å²) in [7, 11) is 0. The van der Waals surface area contributed by atoms with Crippen molar-refractivity contribution >= 4 is 11.6 Å². The largest absolute Gasteiger partial charge is 0.494 e. The molecule has 0 bridgehead atoms. The number of para-hydroxylation sites is 1. The number of nitrogens with zero attached hydrogens (tertiary/aromatic N) is 3. The van der Waals surface area contributed by atoms with Crippen molar-refractivity contribution in [3.63, 3.8) is 0 Å². The molecule has 4 rings (SSSR count). The summed E-state index contributed by atoms with van der Waals surface area (Å²) in [5.41, 5.74) is 3.69. The topological polar surface area (TPSA) is 36.0 Å². The number of amides is 1. The third kappa shape index (κ3) is 5.57. The summed E-state index contributed by atoms with van der Waals surface area (Å²) in [6, 6.07) is 16.6. The number of piperidine rings is 2. The van der Waals surface area contributed by atoms with E-state index in [0.717, 1.165) is 70.0 Å². The van der Waals surface area contributed by atoms with E-state index in [9.17, 15) is 4.79 Å². The Bertz CT molecular complexity index is 921. The van der Waals surface area contributed by atoms with Crippen molar-refractivity contribution in [1.82, 2.24) is 9.80 Å². The molecule has 2 fully saturated rings. The summed E-state index contributed by atoms with van der Waals surface area (Å²) in [5, 5.41) is 0. The van der Waals surface area contributed by atoms with Crippen LogP contribution in [0.25, 0.3) is 0 Å². The summed E-state index contributed by atoms with van der Waals surface area (Å²) in [5.74, 6) is 1.20. The Morgan fingerprint density at radius 2 is 1.50 bits per heavy atom. The second kappa shape index (κ2) is 11.3. The molecule has 0 N–H and O–H groups in total. The Kier molecular flexibility index (Phi) is 8.15. The molecule has 2 aromatic carbocycles. The minimum Gasteiger partial charge on any atom is -0.494 e. The lowest BCUT2D eigenvalue weighted by molar-refractivity contribution is 0.0283. The molecule has 184 valence electrons. The molecule has 0 aromatic heterocycles. The number of benzene rings is 2. The van der Waals surface area contributed by atoms with Crippen LogP contribution in [0.5, 0.6) is 5.75 Å². The average molecular weight is 464 g/mol. The van der Waals surface area contributed by atoms with E-state index in [-0.39, 0.29) is 5.91 Å². The molecule has 0 radical (unpaired) electrons. The number of carbonyl (C=O) groups is 1. The Morgan fingerprint density at radius 3 is 2.12 bits per heavy atom. The molecule has 5 heteroatoms. The first-order valence-corrected chi connectivity index (χ1v) is 13.1. The van der Waals surface area contributed by atoms with Crippen LogP contribution in [0.2, 0.25) is 0 Å². The van der Waals surface area contributed by atoms with Gasteiger partial charge in [-0.2, -0.15) is 0 Å². The second-order valence-corrected chi connectivity index (χ2v) is 9.83. The summed E-state index contributed by atoms with van der Waals surface area (Å²) in [6.07, 6.45) is 4.70. The highest BCUT2D eigenvalue weighted by Gasteiger charge is 2.38. The highest BCUT2D eigenvalue weighted by Crippen LogP contribution is 2.42. The molecule has 1 spiro atoms. The van der Waals surface area contributed by atoms with Crippen LogP contribution in [-0.2, 0) is 6.54 Å². The molecule has 2 aliphatic heterocycles. The van der Waals surface area contributed by atoms with Gasteiger partial charge in [0.25, 0.3) is 5.91 Å². The zero-order chi connectivity index (χ0) is 24.0. The van der Waals surface area contributed by atoms with Gasteiger partial charge in [0.2, 0.25) is 0 Å². The van der Waals surface area contributed by atoms with Crippen LogP contribution < -0.4 is 9.64 Å². The van der Waals surface area contributed by atoms with Crippen LogP contribution in [0.4, 0.5) is 5.69 Å². The zero-order valence-electron chi connectivity index (χ0n) is 21.3. The third-order valence-electron chi connectivity index (χ3n) is 7.94. The fraction of sp³-hybridized carbons (Fsp3) is 0.552. The van der Waals surface area contributed by atoms with E-state index in [1.54, 1.807) is 0 Å². The first kappa shape index (κ1) is 24.6. The highest BCUT2D eigenvalue weighted by atomic mass is 16.5. The average Bonchev–Trinajstić information content (AvgIpc) is 2.88. The van der Waals surface area contributed by atoms with Crippen LogP contribution >= 0.6 is 0 Å². The molecule has 2 saturated heterocycles. The Labute approximate surface area is 205 Å². The van der Waals surface area contributed by atoms with Crippen molar-refractivity contribution in [2.24, 2.45) is 5.41 Å². The molecule has 0 aliphatic carbocycles. The first-order valence-electron chi connectivity index (χ1n) is 13.1. The lowest BCUT2D eigenvalue weighted by Gasteiger charge is -2.47. The van der Waals surface area contributed by atoms with Gasteiger partial charge in [0.05, 0.1) is 6.61 Å². The van der Waals surface area contributed by atoms with Crippen molar-refractivity contribution in [2.45, 2.75) is 53.0 Å². The second-order valence-electron chi connectivity index (χ2n) is 9.83. The maximum absolute atomic E-state index is 13.1. The maximum atomic E-state index is 13.1. The Hall–Kier alpha value is -2.53. The molecule has 2 aliphatic rings. The number of hydrogen-bond donors (Lipinski definition) is 0. The molecule has 1 amide bonds. The predicted octanol–water partition coefficient (Wildman–Crippen LogP) is 5.45. The summed E-state index contributed by atoms with van der Waals surface area (Å²) in [4.78, 5) is 20.1. The van der Waals surface area contributed by atoms with E-state index in [1.165, 1.54) is 24.1 Å². The minimum atomic E-state index is 0.186. The van der Waals surface area contributed by atoms with Gasteiger partial charge < -0.3 is 14.5 Å². The number of likely N-dealkylation sites (tertiary alicyclic amines) is 2. The number of anilines is 1. The summed E-state index contributed by atoms with van der Waals surface area (Å²) >= 11 is 0. The van der Waals surface area contributed by atoms with Crippen LogP contribution in [-0.4, -0.2) is 61.6 Å². The van der Waals surface area contributed by atoms with E-state index < -0.39 is 0 Å². The fourth-order valence-electron chi connectivity index (χ4n) is 5.63. The standard InChI is InChI=1S/C29H41N3O2/c1-4-31(5-2)26-13-11-24(12-14-26)28(33)32-21-17-29(18-22-32)15-19-30(20-16-29)23-25-9-7-8-10-27(25)34-6-3/h7-14H,4-6,15-23H2,1-3H3. The lowest BCUT2D eigenvalue weighted by atomic mass is 9.71. The zero-order valence-corrected chi connectivity index (χ0v) is 21.3. The van der Waals surface area contributed by atoms with Gasteiger partial charge in [0, 0.05) is 49.5 Å². The SMILES string of the molecule is CCOc1ccccc1CN1CCC2(CC1)CCN(C(=O)c1ccc(N(CC)CC)cc1)CC2. The molecule has 0 unspecified atom stereocenters. The van der Waals surface area contributed by atoms with Crippen LogP contribution in [0.15, 0.2) is 48.5 Å². The van der Waals surface area contributed by atoms with Crippen molar-refractivity contribution < 1.29 is 9.53 Å². The van der Waals surface area contributed by atoms with Gasteiger partial charge in [-0.15, -0.1) is 0 Å².